The van der Waals surface area contributed by atoms with Crippen molar-refractivity contribution in [3.8, 4) is 11.4 Å². The molecule has 1 N–H and O–H groups in total. The van der Waals surface area contributed by atoms with Gasteiger partial charge in [-0.05, 0) is 55.3 Å². The summed E-state index contributed by atoms with van der Waals surface area (Å²) in [6.07, 6.45) is 3.06. The highest BCUT2D eigenvalue weighted by Gasteiger charge is 2.27. The Morgan fingerprint density at radius 2 is 1.73 bits per heavy atom. The van der Waals surface area contributed by atoms with Crippen LogP contribution in [-0.4, -0.2) is 29.0 Å². The Balaban J connectivity index is 1.48. The van der Waals surface area contributed by atoms with Crippen molar-refractivity contribution in [1.29, 1.82) is 0 Å². The summed E-state index contributed by atoms with van der Waals surface area (Å²) in [5.74, 6) is -1.34. The molecule has 2 aromatic carbocycles. The summed E-state index contributed by atoms with van der Waals surface area (Å²) in [4.78, 5) is 23.4. The first-order chi connectivity index (χ1) is 14.5. The minimum Gasteiger partial charge on any atom is -0.356 e. The van der Waals surface area contributed by atoms with E-state index in [-0.39, 0.29) is 23.3 Å². The molecule has 1 aliphatic rings. The largest absolute Gasteiger partial charge is 0.356 e. The van der Waals surface area contributed by atoms with E-state index in [0.29, 0.717) is 30.2 Å². The van der Waals surface area contributed by atoms with E-state index >= 15 is 0 Å². The molecule has 0 radical (unpaired) electrons. The van der Waals surface area contributed by atoms with Gasteiger partial charge in [0.15, 0.2) is 5.82 Å². The Hall–Kier alpha value is -3.42. The van der Waals surface area contributed by atoms with Gasteiger partial charge in [0.05, 0.1) is 5.92 Å². The first-order valence-electron chi connectivity index (χ1n) is 9.59. The number of nitrogens with one attached hydrogen (secondary N) is 1. The highest BCUT2D eigenvalue weighted by Crippen LogP contribution is 2.25. The number of nitrogens with zero attached hydrogens (tertiary/aromatic N) is 3. The van der Waals surface area contributed by atoms with E-state index in [9.17, 15) is 18.0 Å². The van der Waals surface area contributed by atoms with Crippen molar-refractivity contribution in [3.05, 3.63) is 72.2 Å². The lowest BCUT2D eigenvalue weighted by atomic mass is 9.97. The van der Waals surface area contributed by atoms with E-state index < -0.39 is 11.6 Å². The minimum atomic E-state index is -0.745. The number of hydrogen-bond acceptors (Lipinski definition) is 4. The molecule has 0 spiro atoms. The van der Waals surface area contributed by atoms with Gasteiger partial charge in [-0.3, -0.25) is 4.79 Å². The van der Waals surface area contributed by atoms with E-state index in [0.717, 1.165) is 31.2 Å². The maximum Gasteiger partial charge on any atom is 0.229 e. The maximum atomic E-state index is 13.4. The normalized spacial score (nSPS) is 16.4. The first kappa shape index (κ1) is 19.9. The quantitative estimate of drug-likeness (QED) is 0.690. The summed E-state index contributed by atoms with van der Waals surface area (Å²) in [5.41, 5.74) is 0.785. The van der Waals surface area contributed by atoms with Crippen LogP contribution in [0.25, 0.3) is 11.4 Å². The highest BCUT2D eigenvalue weighted by atomic mass is 19.1. The van der Waals surface area contributed by atoms with Gasteiger partial charge in [0, 0.05) is 36.6 Å². The molecule has 3 aromatic rings. The molecule has 4 rings (SSSR count). The molecule has 1 aliphatic heterocycles. The van der Waals surface area contributed by atoms with Gasteiger partial charge in [-0.25, -0.2) is 23.1 Å². The average molecular weight is 412 g/mol. The molecule has 5 nitrogen and oxygen atoms in total. The predicted octanol–water partition coefficient (Wildman–Crippen LogP) is 4.42. The molecular weight excluding hydrogens is 393 g/mol. The average Bonchev–Trinajstić information content (AvgIpc) is 2.74. The van der Waals surface area contributed by atoms with E-state index in [1.807, 2.05) is 4.90 Å². The van der Waals surface area contributed by atoms with Crippen molar-refractivity contribution in [2.24, 2.45) is 5.92 Å². The van der Waals surface area contributed by atoms with Crippen LogP contribution >= 0.6 is 0 Å². The summed E-state index contributed by atoms with van der Waals surface area (Å²) in [5, 5.41) is 2.59. The number of carbonyl (C=O) groups excluding carboxylic acids is 1. The van der Waals surface area contributed by atoms with Crippen molar-refractivity contribution in [2.75, 3.05) is 23.3 Å². The third-order valence-electron chi connectivity index (χ3n) is 4.99. The van der Waals surface area contributed by atoms with Crippen LogP contribution in [0.15, 0.2) is 54.7 Å². The van der Waals surface area contributed by atoms with Crippen molar-refractivity contribution < 1.29 is 18.0 Å². The van der Waals surface area contributed by atoms with Crippen LogP contribution in [-0.2, 0) is 4.79 Å². The van der Waals surface area contributed by atoms with Crippen LogP contribution in [0.5, 0.6) is 0 Å². The summed E-state index contributed by atoms with van der Waals surface area (Å²) in [6, 6.07) is 10.6. The second-order valence-electron chi connectivity index (χ2n) is 7.18. The van der Waals surface area contributed by atoms with Crippen molar-refractivity contribution >= 4 is 17.4 Å². The Bertz CT molecular complexity index is 1040. The van der Waals surface area contributed by atoms with E-state index in [4.69, 9.17) is 0 Å². The van der Waals surface area contributed by atoms with Crippen LogP contribution in [0.2, 0.25) is 0 Å². The van der Waals surface area contributed by atoms with Gasteiger partial charge < -0.3 is 10.2 Å². The molecule has 1 aromatic heterocycles. The number of amides is 1. The van der Waals surface area contributed by atoms with Gasteiger partial charge in [0.25, 0.3) is 0 Å². The maximum absolute atomic E-state index is 13.4. The number of aromatic nitrogens is 2. The van der Waals surface area contributed by atoms with Crippen molar-refractivity contribution in [1.82, 2.24) is 9.97 Å². The molecule has 0 aliphatic carbocycles. The SMILES string of the molecule is O=C(Nc1cc(F)cc(F)c1)[C@H]1CCCN(c2ccnc(-c3ccc(F)cc3)n2)C1. The molecule has 30 heavy (non-hydrogen) atoms. The molecule has 0 saturated carbocycles. The summed E-state index contributed by atoms with van der Waals surface area (Å²) in [7, 11) is 0. The predicted molar refractivity (Wildman–Crippen MR) is 107 cm³/mol. The molecule has 2 heterocycles. The molecule has 0 bridgehead atoms. The standard InChI is InChI=1S/C22H19F3N4O/c23-16-5-3-14(4-6-16)21-26-8-7-20(28-21)29-9-1-2-15(13-29)22(30)27-19-11-17(24)10-18(25)12-19/h3-8,10-12,15H,1-2,9,13H2,(H,27,30)/t15-/m0/s1. The smallest absolute Gasteiger partial charge is 0.229 e. The van der Waals surface area contributed by atoms with Gasteiger partial charge in [-0.1, -0.05) is 0 Å². The fourth-order valence-corrected chi connectivity index (χ4v) is 3.53. The van der Waals surface area contributed by atoms with Crippen molar-refractivity contribution in [3.63, 3.8) is 0 Å². The van der Waals surface area contributed by atoms with Crippen LogP contribution in [0.1, 0.15) is 12.8 Å². The lowest BCUT2D eigenvalue weighted by Gasteiger charge is -2.33. The Kier molecular flexibility index (Phi) is 5.65. The molecule has 1 atom stereocenters. The number of piperidine rings is 1. The Morgan fingerprint density at radius 1 is 1.00 bits per heavy atom. The number of hydrogen-bond donors (Lipinski definition) is 1. The summed E-state index contributed by atoms with van der Waals surface area (Å²) >= 11 is 0. The fourth-order valence-electron chi connectivity index (χ4n) is 3.53. The van der Waals surface area contributed by atoms with Gasteiger partial charge in [0.2, 0.25) is 5.91 Å². The second-order valence-corrected chi connectivity index (χ2v) is 7.18. The van der Waals surface area contributed by atoms with Gasteiger partial charge >= 0.3 is 0 Å². The third-order valence-corrected chi connectivity index (χ3v) is 4.99. The molecule has 1 fully saturated rings. The zero-order chi connectivity index (χ0) is 21.1. The topological polar surface area (TPSA) is 58.1 Å². The van der Waals surface area contributed by atoms with E-state index in [2.05, 4.69) is 15.3 Å². The number of carbonyl (C=O) groups is 1. The highest BCUT2D eigenvalue weighted by molar-refractivity contribution is 5.93. The lowest BCUT2D eigenvalue weighted by molar-refractivity contribution is -0.120. The fraction of sp³-hybridized carbons (Fsp3) is 0.227. The van der Waals surface area contributed by atoms with Gasteiger partial charge in [-0.2, -0.15) is 0 Å². The lowest BCUT2D eigenvalue weighted by Crippen LogP contribution is -2.41. The third kappa shape index (κ3) is 4.59. The van der Waals surface area contributed by atoms with Gasteiger partial charge in [0.1, 0.15) is 23.3 Å². The number of halogens is 3. The molecule has 1 amide bonds. The van der Waals surface area contributed by atoms with Crippen LogP contribution in [0, 0.1) is 23.4 Å². The van der Waals surface area contributed by atoms with Crippen LogP contribution in [0.4, 0.5) is 24.7 Å². The number of rotatable bonds is 4. The van der Waals surface area contributed by atoms with Crippen molar-refractivity contribution in [2.45, 2.75) is 12.8 Å². The molecule has 154 valence electrons. The number of benzene rings is 2. The Labute approximate surface area is 171 Å². The zero-order valence-electron chi connectivity index (χ0n) is 16.0. The van der Waals surface area contributed by atoms with Crippen LogP contribution < -0.4 is 10.2 Å². The minimum absolute atomic E-state index is 0.0928. The Morgan fingerprint density at radius 3 is 2.47 bits per heavy atom. The zero-order valence-corrected chi connectivity index (χ0v) is 16.0. The van der Waals surface area contributed by atoms with Crippen LogP contribution in [0.3, 0.4) is 0 Å². The summed E-state index contributed by atoms with van der Waals surface area (Å²) in [6.45, 7) is 1.14. The van der Waals surface area contributed by atoms with Gasteiger partial charge in [-0.15, -0.1) is 0 Å². The second kappa shape index (κ2) is 8.52. The summed E-state index contributed by atoms with van der Waals surface area (Å²) < 4.78 is 39.9. The molecule has 0 unspecified atom stereocenters. The molecular formula is C22H19F3N4O. The monoisotopic (exact) mass is 412 g/mol. The molecule has 1 saturated heterocycles. The number of anilines is 2. The van der Waals surface area contributed by atoms with E-state index in [1.54, 1.807) is 24.4 Å². The van der Waals surface area contributed by atoms with E-state index in [1.165, 1.54) is 12.1 Å². The first-order valence-corrected chi connectivity index (χ1v) is 9.59. The molecule has 8 heteroatoms.